The second kappa shape index (κ2) is 9.44. The Bertz CT molecular complexity index is 394. The van der Waals surface area contributed by atoms with E-state index in [2.05, 4.69) is 24.2 Å². The lowest BCUT2D eigenvalue weighted by atomic mass is 10.0. The van der Waals surface area contributed by atoms with Crippen LogP contribution in [-0.2, 0) is 11.3 Å². The zero-order valence-electron chi connectivity index (χ0n) is 12.3. The highest BCUT2D eigenvalue weighted by Crippen LogP contribution is 2.12. The van der Waals surface area contributed by atoms with Crippen LogP contribution in [0.25, 0.3) is 0 Å². The first-order chi connectivity index (χ1) is 9.71. The van der Waals surface area contributed by atoms with Crippen LogP contribution >= 0.6 is 0 Å². The zero-order valence-corrected chi connectivity index (χ0v) is 12.3. The van der Waals surface area contributed by atoms with E-state index in [1.165, 1.54) is 19.3 Å². The second-order valence-corrected chi connectivity index (χ2v) is 4.83. The standard InChI is InChI=1S/C13H25N5O2/c1-3-5-6-11(4-2)10-20-8-7-18-9-12(16-17-18)13(19)15-14/h9,11H,3-8,10,14H2,1-2H3,(H,15,19). The van der Waals surface area contributed by atoms with Crippen molar-refractivity contribution in [3.63, 3.8) is 0 Å². The van der Waals surface area contributed by atoms with Gasteiger partial charge in [-0.3, -0.25) is 10.2 Å². The molecule has 3 N–H and O–H groups in total. The minimum absolute atomic E-state index is 0.210. The van der Waals surface area contributed by atoms with Crippen molar-refractivity contribution in [1.82, 2.24) is 20.4 Å². The molecule has 1 unspecified atom stereocenters. The van der Waals surface area contributed by atoms with Crippen LogP contribution in [0.3, 0.4) is 0 Å². The molecule has 0 aliphatic carbocycles. The molecule has 0 aliphatic rings. The number of hydrogen-bond donors (Lipinski definition) is 2. The maximum absolute atomic E-state index is 11.2. The third-order valence-electron chi connectivity index (χ3n) is 3.26. The van der Waals surface area contributed by atoms with E-state index in [4.69, 9.17) is 10.6 Å². The average Bonchev–Trinajstić information content (AvgIpc) is 2.94. The lowest BCUT2D eigenvalue weighted by Crippen LogP contribution is -2.30. The number of hydrazine groups is 1. The molecule has 0 saturated heterocycles. The fourth-order valence-electron chi connectivity index (χ4n) is 1.89. The summed E-state index contributed by atoms with van der Waals surface area (Å²) in [6.07, 6.45) is 6.39. The number of amides is 1. The van der Waals surface area contributed by atoms with Crippen LogP contribution in [0.1, 0.15) is 50.0 Å². The molecule has 1 rings (SSSR count). The van der Waals surface area contributed by atoms with Gasteiger partial charge in [-0.2, -0.15) is 0 Å². The largest absolute Gasteiger partial charge is 0.379 e. The van der Waals surface area contributed by atoms with Crippen molar-refractivity contribution in [2.24, 2.45) is 11.8 Å². The van der Waals surface area contributed by atoms with Gasteiger partial charge >= 0.3 is 0 Å². The molecule has 0 spiro atoms. The molecule has 7 heteroatoms. The number of nitrogens with two attached hydrogens (primary N) is 1. The Kier molecular flexibility index (Phi) is 7.82. The normalized spacial score (nSPS) is 12.3. The molecule has 1 aromatic rings. The third kappa shape index (κ3) is 5.66. The number of ether oxygens (including phenoxy) is 1. The van der Waals surface area contributed by atoms with Gasteiger partial charge in [0, 0.05) is 6.61 Å². The number of rotatable bonds is 10. The fraction of sp³-hybridized carbons (Fsp3) is 0.769. The van der Waals surface area contributed by atoms with E-state index in [1.807, 2.05) is 5.43 Å². The number of nitrogens with zero attached hydrogens (tertiary/aromatic N) is 3. The van der Waals surface area contributed by atoms with Crippen molar-refractivity contribution < 1.29 is 9.53 Å². The molecule has 1 aromatic heterocycles. The summed E-state index contributed by atoms with van der Waals surface area (Å²) >= 11 is 0. The molecular weight excluding hydrogens is 258 g/mol. The summed E-state index contributed by atoms with van der Waals surface area (Å²) in [5.74, 6) is 5.21. The van der Waals surface area contributed by atoms with Crippen molar-refractivity contribution in [1.29, 1.82) is 0 Å². The number of carbonyl (C=O) groups is 1. The van der Waals surface area contributed by atoms with Gasteiger partial charge in [0.25, 0.3) is 5.91 Å². The number of aromatic nitrogens is 3. The molecular formula is C13H25N5O2. The Morgan fingerprint density at radius 2 is 2.35 bits per heavy atom. The minimum Gasteiger partial charge on any atom is -0.379 e. The van der Waals surface area contributed by atoms with Gasteiger partial charge in [0.15, 0.2) is 5.69 Å². The first kappa shape index (κ1) is 16.6. The van der Waals surface area contributed by atoms with Gasteiger partial charge in [0.1, 0.15) is 0 Å². The molecule has 1 amide bonds. The number of nitrogen functional groups attached to an aromatic ring is 1. The molecule has 0 fully saturated rings. The highest BCUT2D eigenvalue weighted by molar-refractivity contribution is 5.91. The van der Waals surface area contributed by atoms with Crippen molar-refractivity contribution in [2.75, 3.05) is 13.2 Å². The van der Waals surface area contributed by atoms with Crippen LogP contribution in [0.2, 0.25) is 0 Å². The molecule has 0 saturated carbocycles. The predicted octanol–water partition coefficient (Wildman–Crippen LogP) is 1.11. The van der Waals surface area contributed by atoms with E-state index < -0.39 is 5.91 Å². The van der Waals surface area contributed by atoms with Crippen LogP contribution in [-0.4, -0.2) is 34.1 Å². The molecule has 7 nitrogen and oxygen atoms in total. The number of nitrogens with one attached hydrogen (secondary N) is 1. The summed E-state index contributed by atoms with van der Waals surface area (Å²) in [4.78, 5) is 11.2. The number of unbranched alkanes of at least 4 members (excludes halogenated alkanes) is 1. The summed E-state index contributed by atoms with van der Waals surface area (Å²) in [6.45, 7) is 6.32. The Balaban J connectivity index is 2.23. The maximum atomic E-state index is 11.2. The molecule has 0 aliphatic heterocycles. The van der Waals surface area contributed by atoms with Crippen molar-refractivity contribution in [2.45, 2.75) is 46.1 Å². The minimum atomic E-state index is -0.442. The van der Waals surface area contributed by atoms with Gasteiger partial charge in [0.2, 0.25) is 0 Å². The number of carbonyl (C=O) groups excluding carboxylic acids is 1. The van der Waals surface area contributed by atoms with Crippen LogP contribution in [0, 0.1) is 5.92 Å². The average molecular weight is 283 g/mol. The van der Waals surface area contributed by atoms with Gasteiger partial charge in [-0.1, -0.05) is 38.3 Å². The lowest BCUT2D eigenvalue weighted by Gasteiger charge is -2.14. The Labute approximate surface area is 119 Å². The first-order valence-electron chi connectivity index (χ1n) is 7.20. The fourth-order valence-corrected chi connectivity index (χ4v) is 1.89. The monoisotopic (exact) mass is 283 g/mol. The van der Waals surface area contributed by atoms with E-state index >= 15 is 0 Å². The van der Waals surface area contributed by atoms with Gasteiger partial charge < -0.3 is 4.74 Å². The first-order valence-corrected chi connectivity index (χ1v) is 7.20. The van der Waals surface area contributed by atoms with Gasteiger partial charge in [-0.25, -0.2) is 10.5 Å². The third-order valence-corrected chi connectivity index (χ3v) is 3.26. The lowest BCUT2D eigenvalue weighted by molar-refractivity contribution is 0.0858. The highest BCUT2D eigenvalue weighted by Gasteiger charge is 2.09. The van der Waals surface area contributed by atoms with Crippen LogP contribution < -0.4 is 11.3 Å². The molecule has 1 atom stereocenters. The van der Waals surface area contributed by atoms with E-state index in [0.29, 0.717) is 19.1 Å². The quantitative estimate of drug-likeness (QED) is 0.290. The van der Waals surface area contributed by atoms with Crippen molar-refractivity contribution in [3.8, 4) is 0 Å². The van der Waals surface area contributed by atoms with Crippen molar-refractivity contribution in [3.05, 3.63) is 11.9 Å². The van der Waals surface area contributed by atoms with Crippen LogP contribution in [0.15, 0.2) is 6.20 Å². The van der Waals surface area contributed by atoms with E-state index in [1.54, 1.807) is 10.9 Å². The van der Waals surface area contributed by atoms with Gasteiger partial charge in [-0.05, 0) is 12.3 Å². The summed E-state index contributed by atoms with van der Waals surface area (Å²) in [5.41, 5.74) is 2.23. The van der Waals surface area contributed by atoms with Gasteiger partial charge in [-0.15, -0.1) is 5.10 Å². The van der Waals surface area contributed by atoms with E-state index in [0.717, 1.165) is 13.0 Å². The summed E-state index contributed by atoms with van der Waals surface area (Å²) in [5, 5.41) is 7.56. The maximum Gasteiger partial charge on any atom is 0.287 e. The van der Waals surface area contributed by atoms with Crippen molar-refractivity contribution >= 4 is 5.91 Å². The smallest absolute Gasteiger partial charge is 0.287 e. The van der Waals surface area contributed by atoms with Crippen LogP contribution in [0.5, 0.6) is 0 Å². The molecule has 0 radical (unpaired) electrons. The molecule has 1 heterocycles. The van der Waals surface area contributed by atoms with Gasteiger partial charge in [0.05, 0.1) is 19.3 Å². The molecule has 114 valence electrons. The highest BCUT2D eigenvalue weighted by atomic mass is 16.5. The Morgan fingerprint density at radius 1 is 1.55 bits per heavy atom. The predicted molar refractivity (Wildman–Crippen MR) is 75.8 cm³/mol. The molecule has 0 bridgehead atoms. The Hall–Kier alpha value is -1.47. The summed E-state index contributed by atoms with van der Waals surface area (Å²) in [6, 6.07) is 0. The van der Waals surface area contributed by atoms with Crippen LogP contribution in [0.4, 0.5) is 0 Å². The molecule has 0 aromatic carbocycles. The van der Waals surface area contributed by atoms with E-state index in [9.17, 15) is 4.79 Å². The topological polar surface area (TPSA) is 95.1 Å². The second-order valence-electron chi connectivity index (χ2n) is 4.83. The SMILES string of the molecule is CCCCC(CC)COCCn1cc(C(=O)NN)nn1. The zero-order chi connectivity index (χ0) is 14.8. The van der Waals surface area contributed by atoms with E-state index in [-0.39, 0.29) is 5.69 Å². The molecule has 20 heavy (non-hydrogen) atoms. The summed E-state index contributed by atoms with van der Waals surface area (Å²) < 4.78 is 7.25. The summed E-state index contributed by atoms with van der Waals surface area (Å²) in [7, 11) is 0. The number of hydrogen-bond acceptors (Lipinski definition) is 5. The Morgan fingerprint density at radius 3 is 3.00 bits per heavy atom.